The first-order valence-corrected chi connectivity index (χ1v) is 5.78. The van der Waals surface area contributed by atoms with Gasteiger partial charge in [-0.1, -0.05) is 6.92 Å². The molecule has 0 aliphatic carbocycles. The normalized spacial score (nSPS) is 13.8. The number of likely N-dealkylation sites (N-methyl/N-ethyl adjacent to an activating group) is 2. The minimum absolute atomic E-state index is 0.260. The average Bonchev–Trinajstić information content (AvgIpc) is 2.15. The molecule has 15 heavy (non-hydrogen) atoms. The van der Waals surface area contributed by atoms with Gasteiger partial charge in [-0.2, -0.15) is 0 Å². The summed E-state index contributed by atoms with van der Waals surface area (Å²) in [6.45, 7) is 6.58. The number of hydrogen-bond acceptors (Lipinski definition) is 4. The zero-order valence-corrected chi connectivity index (χ0v) is 10.7. The summed E-state index contributed by atoms with van der Waals surface area (Å²) in [6.07, 6.45) is 0.854. The Morgan fingerprint density at radius 2 is 1.87 bits per heavy atom. The molecule has 1 atom stereocenters. The number of aliphatic hydroxyl groups is 1. The van der Waals surface area contributed by atoms with E-state index in [0.29, 0.717) is 6.54 Å². The summed E-state index contributed by atoms with van der Waals surface area (Å²) >= 11 is 0. The van der Waals surface area contributed by atoms with Crippen molar-refractivity contribution < 1.29 is 5.11 Å². The molecule has 0 rings (SSSR count). The summed E-state index contributed by atoms with van der Waals surface area (Å²) in [5, 5.41) is 12.9. The SMILES string of the molecule is CCCNCC(O)CN(C)CCN(C)C. The standard InChI is InChI=1S/C11H27N3O/c1-5-6-12-9-11(15)10-14(4)8-7-13(2)3/h11-12,15H,5-10H2,1-4H3. The molecule has 92 valence electrons. The molecule has 0 radical (unpaired) electrons. The Kier molecular flexibility index (Phi) is 9.00. The van der Waals surface area contributed by atoms with Crippen molar-refractivity contribution in [2.75, 3.05) is 53.9 Å². The third kappa shape index (κ3) is 10.1. The highest BCUT2D eigenvalue weighted by atomic mass is 16.3. The van der Waals surface area contributed by atoms with Crippen LogP contribution in [0.4, 0.5) is 0 Å². The summed E-state index contributed by atoms with van der Waals surface area (Å²) in [5.41, 5.74) is 0. The van der Waals surface area contributed by atoms with Crippen LogP contribution in [0.25, 0.3) is 0 Å². The van der Waals surface area contributed by atoms with Crippen LogP contribution in [0.2, 0.25) is 0 Å². The highest BCUT2D eigenvalue weighted by Crippen LogP contribution is 1.89. The molecule has 0 amide bonds. The first-order chi connectivity index (χ1) is 7.06. The first kappa shape index (κ1) is 14.8. The Balaban J connectivity index is 3.44. The van der Waals surface area contributed by atoms with Gasteiger partial charge < -0.3 is 20.2 Å². The molecule has 0 heterocycles. The van der Waals surface area contributed by atoms with E-state index >= 15 is 0 Å². The van der Waals surface area contributed by atoms with Crippen molar-refractivity contribution in [1.82, 2.24) is 15.1 Å². The zero-order chi connectivity index (χ0) is 11.7. The predicted octanol–water partition coefficient (Wildman–Crippen LogP) is -0.160. The van der Waals surface area contributed by atoms with Crippen LogP contribution < -0.4 is 5.32 Å². The molecule has 4 heteroatoms. The third-order valence-corrected chi connectivity index (χ3v) is 2.26. The van der Waals surface area contributed by atoms with Gasteiger partial charge in [0.15, 0.2) is 0 Å². The van der Waals surface area contributed by atoms with Crippen molar-refractivity contribution >= 4 is 0 Å². The number of rotatable bonds is 9. The van der Waals surface area contributed by atoms with E-state index in [1.165, 1.54) is 0 Å². The highest BCUT2D eigenvalue weighted by Gasteiger charge is 2.07. The van der Waals surface area contributed by atoms with E-state index in [9.17, 15) is 5.11 Å². The minimum atomic E-state index is -0.260. The van der Waals surface area contributed by atoms with Crippen molar-refractivity contribution in [3.63, 3.8) is 0 Å². The summed E-state index contributed by atoms with van der Waals surface area (Å²) in [5.74, 6) is 0. The van der Waals surface area contributed by atoms with Gasteiger partial charge in [0.25, 0.3) is 0 Å². The summed E-state index contributed by atoms with van der Waals surface area (Å²) < 4.78 is 0. The lowest BCUT2D eigenvalue weighted by atomic mass is 10.3. The lowest BCUT2D eigenvalue weighted by Gasteiger charge is -2.22. The van der Waals surface area contributed by atoms with Crippen molar-refractivity contribution in [3.05, 3.63) is 0 Å². The van der Waals surface area contributed by atoms with Crippen LogP contribution in [0.1, 0.15) is 13.3 Å². The van der Waals surface area contributed by atoms with Crippen LogP contribution in [0.15, 0.2) is 0 Å². The second-order valence-corrected chi connectivity index (χ2v) is 4.42. The van der Waals surface area contributed by atoms with Gasteiger partial charge >= 0.3 is 0 Å². The van der Waals surface area contributed by atoms with E-state index in [1.807, 2.05) is 7.05 Å². The fourth-order valence-corrected chi connectivity index (χ4v) is 1.33. The predicted molar refractivity (Wildman–Crippen MR) is 65.2 cm³/mol. The quantitative estimate of drug-likeness (QED) is 0.527. The van der Waals surface area contributed by atoms with E-state index < -0.39 is 0 Å². The van der Waals surface area contributed by atoms with Crippen LogP contribution in [-0.2, 0) is 0 Å². The maximum atomic E-state index is 9.69. The molecule has 0 aromatic heterocycles. The average molecular weight is 217 g/mol. The van der Waals surface area contributed by atoms with Crippen molar-refractivity contribution in [3.8, 4) is 0 Å². The van der Waals surface area contributed by atoms with Crippen LogP contribution in [0, 0.1) is 0 Å². The molecule has 0 aromatic rings. The molecule has 0 bridgehead atoms. The van der Waals surface area contributed by atoms with Gasteiger partial charge in [0.2, 0.25) is 0 Å². The van der Waals surface area contributed by atoms with Crippen LogP contribution in [0.5, 0.6) is 0 Å². The second-order valence-electron chi connectivity index (χ2n) is 4.42. The molecular formula is C11H27N3O. The molecule has 0 aromatic carbocycles. The maximum Gasteiger partial charge on any atom is 0.0791 e. The van der Waals surface area contributed by atoms with Gasteiger partial charge in [-0.3, -0.25) is 0 Å². The molecule has 0 spiro atoms. The second kappa shape index (κ2) is 9.09. The largest absolute Gasteiger partial charge is 0.390 e. The molecular weight excluding hydrogens is 190 g/mol. The van der Waals surface area contributed by atoms with Crippen molar-refractivity contribution in [2.45, 2.75) is 19.4 Å². The Labute approximate surface area is 94.3 Å². The Morgan fingerprint density at radius 1 is 1.20 bits per heavy atom. The summed E-state index contributed by atoms with van der Waals surface area (Å²) in [4.78, 5) is 4.32. The zero-order valence-electron chi connectivity index (χ0n) is 10.7. The smallest absolute Gasteiger partial charge is 0.0791 e. The van der Waals surface area contributed by atoms with E-state index in [-0.39, 0.29) is 6.10 Å². The van der Waals surface area contributed by atoms with Crippen LogP contribution in [0.3, 0.4) is 0 Å². The van der Waals surface area contributed by atoms with E-state index in [0.717, 1.165) is 32.6 Å². The van der Waals surface area contributed by atoms with E-state index in [4.69, 9.17) is 0 Å². The van der Waals surface area contributed by atoms with Gasteiger partial charge in [-0.05, 0) is 34.1 Å². The summed E-state index contributed by atoms with van der Waals surface area (Å²) in [7, 11) is 6.17. The molecule has 2 N–H and O–H groups in total. The monoisotopic (exact) mass is 217 g/mol. The van der Waals surface area contributed by atoms with Gasteiger partial charge in [0.05, 0.1) is 6.10 Å². The van der Waals surface area contributed by atoms with E-state index in [1.54, 1.807) is 0 Å². The molecule has 0 aliphatic heterocycles. The molecule has 0 aliphatic rings. The van der Waals surface area contributed by atoms with Gasteiger partial charge in [0.1, 0.15) is 0 Å². The van der Waals surface area contributed by atoms with Crippen LogP contribution in [-0.4, -0.2) is 74.9 Å². The van der Waals surface area contributed by atoms with Gasteiger partial charge in [-0.25, -0.2) is 0 Å². The maximum absolute atomic E-state index is 9.69. The van der Waals surface area contributed by atoms with Gasteiger partial charge in [0, 0.05) is 26.2 Å². The fourth-order valence-electron chi connectivity index (χ4n) is 1.33. The fraction of sp³-hybridized carbons (Fsp3) is 1.00. The third-order valence-electron chi connectivity index (χ3n) is 2.26. The van der Waals surface area contributed by atoms with Crippen molar-refractivity contribution in [1.29, 1.82) is 0 Å². The van der Waals surface area contributed by atoms with Crippen LogP contribution >= 0.6 is 0 Å². The first-order valence-electron chi connectivity index (χ1n) is 5.78. The number of hydrogen-bond donors (Lipinski definition) is 2. The number of nitrogens with one attached hydrogen (secondary N) is 1. The lowest BCUT2D eigenvalue weighted by Crippen LogP contribution is -2.39. The molecule has 0 saturated heterocycles. The Bertz CT molecular complexity index is 142. The molecule has 1 unspecified atom stereocenters. The number of aliphatic hydroxyl groups excluding tert-OH is 1. The highest BCUT2D eigenvalue weighted by molar-refractivity contribution is 4.64. The molecule has 0 fully saturated rings. The van der Waals surface area contributed by atoms with Crippen molar-refractivity contribution in [2.24, 2.45) is 0 Å². The molecule has 4 nitrogen and oxygen atoms in total. The van der Waals surface area contributed by atoms with E-state index in [2.05, 4.69) is 36.1 Å². The summed E-state index contributed by atoms with van der Waals surface area (Å²) in [6, 6.07) is 0. The van der Waals surface area contributed by atoms with Gasteiger partial charge in [-0.15, -0.1) is 0 Å². The lowest BCUT2D eigenvalue weighted by molar-refractivity contribution is 0.120. The topological polar surface area (TPSA) is 38.7 Å². The Morgan fingerprint density at radius 3 is 2.40 bits per heavy atom. The number of nitrogens with zero attached hydrogens (tertiary/aromatic N) is 2. The minimum Gasteiger partial charge on any atom is -0.390 e. The molecule has 0 saturated carbocycles. The Hall–Kier alpha value is -0.160.